The molecule has 1 aliphatic rings. The second kappa shape index (κ2) is 9.55. The van der Waals surface area contributed by atoms with E-state index >= 15 is 0 Å². The maximum atomic E-state index is 13.6. The van der Waals surface area contributed by atoms with E-state index in [4.69, 9.17) is 4.74 Å². The van der Waals surface area contributed by atoms with Crippen LogP contribution in [-0.2, 0) is 17.7 Å². The van der Waals surface area contributed by atoms with Crippen molar-refractivity contribution in [3.8, 4) is 0 Å². The van der Waals surface area contributed by atoms with Crippen molar-refractivity contribution in [3.63, 3.8) is 0 Å². The average Bonchev–Trinajstić information content (AvgIpc) is 3.10. The number of amides is 1. The van der Waals surface area contributed by atoms with Gasteiger partial charge in [0.25, 0.3) is 5.91 Å². The first-order chi connectivity index (χ1) is 16.2. The first-order valence-electron chi connectivity index (χ1n) is 11.4. The van der Waals surface area contributed by atoms with E-state index in [0.29, 0.717) is 32.8 Å². The van der Waals surface area contributed by atoms with Gasteiger partial charge in [-0.3, -0.25) is 9.78 Å². The van der Waals surface area contributed by atoms with Crippen molar-refractivity contribution in [2.75, 3.05) is 26.3 Å². The van der Waals surface area contributed by atoms with E-state index in [0.717, 1.165) is 34.3 Å². The van der Waals surface area contributed by atoms with Gasteiger partial charge in [-0.1, -0.05) is 36.4 Å². The number of aryl methyl sites for hydroxylation is 1. The number of hydrogen-bond donors (Lipinski definition) is 0. The van der Waals surface area contributed by atoms with Crippen LogP contribution < -0.4 is 0 Å². The van der Waals surface area contributed by atoms with Gasteiger partial charge < -0.3 is 14.2 Å². The van der Waals surface area contributed by atoms with Crippen molar-refractivity contribution in [1.82, 2.24) is 19.4 Å². The number of imidazole rings is 1. The fourth-order valence-electron chi connectivity index (χ4n) is 4.54. The summed E-state index contributed by atoms with van der Waals surface area (Å²) in [6.07, 6.45) is 6.52. The molecule has 2 aromatic carbocycles. The molecule has 1 atom stereocenters. The molecule has 0 N–H and O–H groups in total. The molecule has 0 unspecified atom stereocenters. The van der Waals surface area contributed by atoms with Gasteiger partial charge in [-0.2, -0.15) is 0 Å². The lowest BCUT2D eigenvalue weighted by Crippen LogP contribution is -2.37. The first kappa shape index (κ1) is 21.3. The molecule has 4 aromatic rings. The maximum Gasteiger partial charge on any atom is 0.254 e. The third kappa shape index (κ3) is 4.81. The van der Waals surface area contributed by atoms with Crippen molar-refractivity contribution >= 4 is 16.8 Å². The largest absolute Gasteiger partial charge is 0.379 e. The van der Waals surface area contributed by atoms with Crippen LogP contribution >= 0.6 is 0 Å². The van der Waals surface area contributed by atoms with Gasteiger partial charge in [-0.05, 0) is 42.7 Å². The highest BCUT2D eigenvalue weighted by Crippen LogP contribution is 2.20. The molecule has 0 radical (unpaired) electrons. The van der Waals surface area contributed by atoms with Crippen LogP contribution in [0.4, 0.5) is 0 Å². The summed E-state index contributed by atoms with van der Waals surface area (Å²) in [6, 6.07) is 18.2. The lowest BCUT2D eigenvalue weighted by Gasteiger charge is -2.25. The quantitative estimate of drug-likeness (QED) is 0.468. The minimum atomic E-state index is 0.0653. The minimum Gasteiger partial charge on any atom is -0.379 e. The van der Waals surface area contributed by atoms with Crippen LogP contribution in [0.15, 0.2) is 73.2 Å². The van der Waals surface area contributed by atoms with E-state index in [1.54, 1.807) is 6.20 Å². The van der Waals surface area contributed by atoms with Gasteiger partial charge in [0.2, 0.25) is 0 Å². The highest BCUT2D eigenvalue weighted by Gasteiger charge is 2.25. The lowest BCUT2D eigenvalue weighted by atomic mass is 9.99. The van der Waals surface area contributed by atoms with Gasteiger partial charge >= 0.3 is 0 Å². The molecule has 2 aromatic heterocycles. The molecule has 0 aliphatic carbocycles. The van der Waals surface area contributed by atoms with Gasteiger partial charge in [-0.15, -0.1) is 0 Å². The van der Waals surface area contributed by atoms with Crippen molar-refractivity contribution in [2.45, 2.75) is 19.9 Å². The Morgan fingerprint density at radius 2 is 1.97 bits per heavy atom. The van der Waals surface area contributed by atoms with E-state index in [1.807, 2.05) is 66.7 Å². The SMILES string of the molecule is Cc1nccn1Cc1ccccc1C(=O)N1CCOC[C@@H](Cc2cnc3ccccc3c2)C1. The third-order valence-corrected chi connectivity index (χ3v) is 6.31. The molecule has 1 aliphatic heterocycles. The second-order valence-electron chi connectivity index (χ2n) is 8.69. The molecule has 6 heteroatoms. The summed E-state index contributed by atoms with van der Waals surface area (Å²) in [7, 11) is 0. The van der Waals surface area contributed by atoms with Crippen LogP contribution in [0.3, 0.4) is 0 Å². The van der Waals surface area contributed by atoms with Crippen LogP contribution in [0, 0.1) is 12.8 Å². The zero-order chi connectivity index (χ0) is 22.6. The molecular weight excluding hydrogens is 412 g/mol. The van der Waals surface area contributed by atoms with Gasteiger partial charge in [0, 0.05) is 55.1 Å². The molecule has 1 amide bonds. The zero-order valence-electron chi connectivity index (χ0n) is 18.9. The average molecular weight is 441 g/mol. The molecule has 6 nitrogen and oxygen atoms in total. The predicted molar refractivity (Wildman–Crippen MR) is 128 cm³/mol. The zero-order valence-corrected chi connectivity index (χ0v) is 18.9. The normalized spacial score (nSPS) is 16.6. The number of pyridine rings is 1. The van der Waals surface area contributed by atoms with E-state index < -0.39 is 0 Å². The molecule has 0 bridgehead atoms. The highest BCUT2D eigenvalue weighted by molar-refractivity contribution is 5.95. The van der Waals surface area contributed by atoms with Crippen molar-refractivity contribution in [1.29, 1.82) is 0 Å². The van der Waals surface area contributed by atoms with Crippen LogP contribution in [0.1, 0.15) is 27.3 Å². The first-order valence-corrected chi connectivity index (χ1v) is 11.4. The van der Waals surface area contributed by atoms with Crippen LogP contribution in [0.25, 0.3) is 10.9 Å². The maximum absolute atomic E-state index is 13.6. The molecule has 1 saturated heterocycles. The predicted octanol–water partition coefficient (Wildman–Crippen LogP) is 4.12. The Hall–Kier alpha value is -3.51. The van der Waals surface area contributed by atoms with Crippen LogP contribution in [0.2, 0.25) is 0 Å². The number of ether oxygens (including phenoxy) is 1. The molecule has 0 saturated carbocycles. The van der Waals surface area contributed by atoms with E-state index in [1.165, 1.54) is 5.56 Å². The van der Waals surface area contributed by atoms with Crippen molar-refractivity contribution < 1.29 is 9.53 Å². The van der Waals surface area contributed by atoms with Gasteiger partial charge in [0.15, 0.2) is 0 Å². The molecule has 33 heavy (non-hydrogen) atoms. The fraction of sp³-hybridized carbons (Fsp3) is 0.296. The Morgan fingerprint density at radius 1 is 1.12 bits per heavy atom. The number of para-hydroxylation sites is 1. The number of benzene rings is 2. The number of fused-ring (bicyclic) bond motifs is 1. The number of hydrogen-bond acceptors (Lipinski definition) is 4. The summed E-state index contributed by atoms with van der Waals surface area (Å²) < 4.78 is 7.95. The lowest BCUT2D eigenvalue weighted by molar-refractivity contribution is 0.0736. The van der Waals surface area contributed by atoms with Gasteiger partial charge in [0.05, 0.1) is 18.7 Å². The summed E-state index contributed by atoms with van der Waals surface area (Å²) in [4.78, 5) is 24.4. The topological polar surface area (TPSA) is 60.2 Å². The standard InChI is InChI=1S/C27H28N4O2/c1-20-28-10-11-30(20)18-24-7-2-4-8-25(24)27(32)31-12-13-33-19-22(17-31)14-21-15-23-6-3-5-9-26(23)29-16-21/h2-11,15-16,22H,12-14,17-19H2,1H3/t22-/m0/s1. The Balaban J connectivity index is 1.33. The molecule has 1 fully saturated rings. The van der Waals surface area contributed by atoms with Crippen molar-refractivity contribution in [2.24, 2.45) is 5.92 Å². The fourth-order valence-corrected chi connectivity index (χ4v) is 4.54. The monoisotopic (exact) mass is 440 g/mol. The summed E-state index contributed by atoms with van der Waals surface area (Å²) in [6.45, 7) is 5.08. The highest BCUT2D eigenvalue weighted by atomic mass is 16.5. The molecular formula is C27H28N4O2. The van der Waals surface area contributed by atoms with Gasteiger partial charge in [-0.25, -0.2) is 4.98 Å². The summed E-state index contributed by atoms with van der Waals surface area (Å²) in [5, 5.41) is 1.14. The Bertz CT molecular complexity index is 1270. The molecule has 0 spiro atoms. The number of nitrogens with zero attached hydrogens (tertiary/aromatic N) is 4. The van der Waals surface area contributed by atoms with E-state index in [9.17, 15) is 4.79 Å². The Kier molecular flexibility index (Phi) is 6.17. The van der Waals surface area contributed by atoms with Crippen LogP contribution in [-0.4, -0.2) is 51.6 Å². The van der Waals surface area contributed by atoms with E-state index in [-0.39, 0.29) is 11.8 Å². The van der Waals surface area contributed by atoms with E-state index in [2.05, 4.69) is 26.7 Å². The Labute approximate surface area is 193 Å². The number of rotatable bonds is 5. The van der Waals surface area contributed by atoms with Crippen molar-refractivity contribution in [3.05, 3.63) is 95.7 Å². The smallest absolute Gasteiger partial charge is 0.254 e. The number of aromatic nitrogens is 3. The third-order valence-electron chi connectivity index (χ3n) is 6.31. The summed E-state index contributed by atoms with van der Waals surface area (Å²) in [5.41, 5.74) is 3.93. The van der Waals surface area contributed by atoms with Gasteiger partial charge in [0.1, 0.15) is 5.82 Å². The summed E-state index contributed by atoms with van der Waals surface area (Å²) >= 11 is 0. The molecule has 3 heterocycles. The Morgan fingerprint density at radius 3 is 2.85 bits per heavy atom. The number of carbonyl (C=O) groups is 1. The molecule has 5 rings (SSSR count). The van der Waals surface area contributed by atoms with Crippen LogP contribution in [0.5, 0.6) is 0 Å². The summed E-state index contributed by atoms with van der Waals surface area (Å²) in [5.74, 6) is 1.22. The minimum absolute atomic E-state index is 0.0653. The second-order valence-corrected chi connectivity index (χ2v) is 8.69. The molecule has 168 valence electrons. The number of carbonyl (C=O) groups excluding carboxylic acids is 1.